The molecule has 35 heavy (non-hydrogen) atoms. The van der Waals surface area contributed by atoms with Gasteiger partial charge in [0.2, 0.25) is 0 Å². The van der Waals surface area contributed by atoms with E-state index in [2.05, 4.69) is 50.6 Å². The van der Waals surface area contributed by atoms with Crippen molar-refractivity contribution in [2.24, 2.45) is 0 Å². The minimum absolute atomic E-state index is 0.143. The van der Waals surface area contributed by atoms with E-state index in [-0.39, 0.29) is 11.3 Å². The third-order valence-corrected chi connectivity index (χ3v) is 7.37. The Hall–Kier alpha value is -1.96. The quantitative estimate of drug-likeness (QED) is 0.162. The molecular formula is C28H34Br2N2O3. The van der Waals surface area contributed by atoms with E-state index in [0.29, 0.717) is 12.1 Å². The molecule has 1 saturated heterocycles. The molecular weight excluding hydrogens is 572 g/mol. The molecule has 1 N–H and O–H groups in total. The van der Waals surface area contributed by atoms with Crippen LogP contribution in [-0.4, -0.2) is 52.8 Å². The molecule has 7 heteroatoms. The van der Waals surface area contributed by atoms with Crippen molar-refractivity contribution in [2.45, 2.75) is 52.0 Å². The van der Waals surface area contributed by atoms with Crippen molar-refractivity contribution in [3.05, 3.63) is 74.2 Å². The van der Waals surface area contributed by atoms with Crippen LogP contribution < -0.4 is 0 Å². The van der Waals surface area contributed by atoms with Gasteiger partial charge in [-0.1, -0.05) is 82.8 Å². The Balaban J connectivity index is 1.91. The van der Waals surface area contributed by atoms with Gasteiger partial charge >= 0.3 is 0 Å². The molecule has 0 aromatic heterocycles. The van der Waals surface area contributed by atoms with Gasteiger partial charge in [-0.05, 0) is 68.7 Å². The molecule has 2 aromatic carbocycles. The summed E-state index contributed by atoms with van der Waals surface area (Å²) in [6, 6.07) is 14.1. The lowest BCUT2D eigenvalue weighted by atomic mass is 9.95. The number of aliphatic hydroxyl groups is 1. The van der Waals surface area contributed by atoms with Crippen LogP contribution in [0.2, 0.25) is 0 Å². The molecule has 0 bridgehead atoms. The smallest absolute Gasteiger partial charge is 0.295 e. The Morgan fingerprint density at radius 2 is 1.54 bits per heavy atom. The molecule has 5 nitrogen and oxygen atoms in total. The van der Waals surface area contributed by atoms with Gasteiger partial charge in [0.05, 0.1) is 11.6 Å². The van der Waals surface area contributed by atoms with Gasteiger partial charge in [-0.2, -0.15) is 0 Å². The summed E-state index contributed by atoms with van der Waals surface area (Å²) in [4.78, 5) is 30.5. The topological polar surface area (TPSA) is 60.9 Å². The largest absolute Gasteiger partial charge is 0.507 e. The number of likely N-dealkylation sites (tertiary alicyclic amines) is 1. The Morgan fingerprint density at radius 3 is 2.14 bits per heavy atom. The van der Waals surface area contributed by atoms with Gasteiger partial charge in [-0.25, -0.2) is 0 Å². The van der Waals surface area contributed by atoms with E-state index < -0.39 is 17.7 Å². The zero-order chi connectivity index (χ0) is 25.4. The van der Waals surface area contributed by atoms with Gasteiger partial charge in [0.1, 0.15) is 5.76 Å². The van der Waals surface area contributed by atoms with Crippen LogP contribution in [0, 0.1) is 0 Å². The number of hydrogen-bond donors (Lipinski definition) is 1. The van der Waals surface area contributed by atoms with Crippen LogP contribution in [0.25, 0.3) is 5.76 Å². The molecule has 0 saturated carbocycles. The number of Topliss-reactive ketones (excluding diaryl/α,β-unsaturated/α-hetero) is 1. The molecule has 188 valence electrons. The van der Waals surface area contributed by atoms with E-state index in [1.807, 2.05) is 24.3 Å². The number of carbonyl (C=O) groups is 2. The summed E-state index contributed by atoms with van der Waals surface area (Å²) in [6.45, 7) is 7.82. The van der Waals surface area contributed by atoms with Crippen molar-refractivity contribution < 1.29 is 14.7 Å². The lowest BCUT2D eigenvalue weighted by Crippen LogP contribution is -2.34. The zero-order valence-electron chi connectivity index (χ0n) is 20.5. The first-order valence-corrected chi connectivity index (χ1v) is 14.0. The van der Waals surface area contributed by atoms with Crippen LogP contribution in [0.3, 0.4) is 0 Å². The van der Waals surface area contributed by atoms with Crippen molar-refractivity contribution in [3.63, 3.8) is 0 Å². The summed E-state index contributed by atoms with van der Waals surface area (Å²) in [5, 5.41) is 11.2. The van der Waals surface area contributed by atoms with Crippen molar-refractivity contribution in [3.8, 4) is 0 Å². The van der Waals surface area contributed by atoms with E-state index >= 15 is 0 Å². The van der Waals surface area contributed by atoms with Gasteiger partial charge < -0.3 is 14.9 Å². The summed E-state index contributed by atoms with van der Waals surface area (Å²) in [5.41, 5.74) is 1.45. The third-order valence-electron chi connectivity index (χ3n) is 6.35. The first-order chi connectivity index (χ1) is 16.9. The number of benzene rings is 2. The number of rotatable bonds is 12. The van der Waals surface area contributed by atoms with E-state index in [1.54, 1.807) is 29.2 Å². The Kier molecular flexibility index (Phi) is 10.6. The van der Waals surface area contributed by atoms with E-state index in [9.17, 15) is 14.7 Å². The molecule has 1 atom stereocenters. The van der Waals surface area contributed by atoms with Gasteiger partial charge in [0.25, 0.3) is 11.7 Å². The van der Waals surface area contributed by atoms with Crippen molar-refractivity contribution in [2.75, 3.05) is 26.2 Å². The lowest BCUT2D eigenvalue weighted by molar-refractivity contribution is -0.140. The number of carbonyl (C=O) groups excluding carboxylic acids is 2. The van der Waals surface area contributed by atoms with Crippen LogP contribution in [0.1, 0.15) is 63.1 Å². The number of nitrogens with zero attached hydrogens (tertiary/aromatic N) is 2. The molecule has 1 amide bonds. The fourth-order valence-corrected chi connectivity index (χ4v) is 5.14. The number of aliphatic hydroxyl groups excluding tert-OH is 1. The highest BCUT2D eigenvalue weighted by Gasteiger charge is 2.45. The maximum Gasteiger partial charge on any atom is 0.295 e. The summed E-state index contributed by atoms with van der Waals surface area (Å²) in [7, 11) is 0. The Bertz CT molecular complexity index is 1040. The second-order valence-corrected chi connectivity index (χ2v) is 10.8. The van der Waals surface area contributed by atoms with Gasteiger partial charge in [-0.3, -0.25) is 9.59 Å². The number of ketones is 1. The molecule has 1 heterocycles. The van der Waals surface area contributed by atoms with Crippen molar-refractivity contribution in [1.29, 1.82) is 0 Å². The van der Waals surface area contributed by atoms with Crippen molar-refractivity contribution >= 4 is 49.3 Å². The fourth-order valence-electron chi connectivity index (χ4n) is 4.46. The highest BCUT2D eigenvalue weighted by Crippen LogP contribution is 2.40. The standard InChI is InChI=1S/C28H34Br2N2O3/c1-3-5-15-31(16-6-4-2)17-8-18-32-25(21-9-7-10-23(30)19-21)24(27(34)28(32)35)26(33)20-11-13-22(29)14-12-20/h7,9-14,19,25,33H,3-6,8,15-18H2,1-2H3/t25-/m0/s1. The molecule has 0 unspecified atom stereocenters. The van der Waals surface area contributed by atoms with Crippen LogP contribution in [-0.2, 0) is 9.59 Å². The number of amides is 1. The number of halogens is 2. The minimum Gasteiger partial charge on any atom is -0.507 e. The third kappa shape index (κ3) is 7.05. The molecule has 0 radical (unpaired) electrons. The summed E-state index contributed by atoms with van der Waals surface area (Å²) in [6.07, 6.45) is 5.37. The Labute approximate surface area is 225 Å². The second kappa shape index (κ2) is 13.4. The first kappa shape index (κ1) is 27.6. The molecule has 0 spiro atoms. The van der Waals surface area contributed by atoms with Gasteiger partial charge in [0, 0.05) is 21.1 Å². The van der Waals surface area contributed by atoms with E-state index in [1.165, 1.54) is 0 Å². The maximum absolute atomic E-state index is 13.2. The predicted octanol–water partition coefficient (Wildman–Crippen LogP) is 6.93. The number of hydrogen-bond acceptors (Lipinski definition) is 4. The summed E-state index contributed by atoms with van der Waals surface area (Å²) in [5.74, 6) is -1.33. The van der Waals surface area contributed by atoms with Crippen LogP contribution in [0.5, 0.6) is 0 Å². The zero-order valence-corrected chi connectivity index (χ0v) is 23.6. The molecule has 1 aliphatic rings. The average Bonchev–Trinajstić information content (AvgIpc) is 3.10. The Morgan fingerprint density at radius 1 is 0.914 bits per heavy atom. The summed E-state index contributed by atoms with van der Waals surface area (Å²) >= 11 is 6.91. The molecule has 2 aromatic rings. The van der Waals surface area contributed by atoms with E-state index in [4.69, 9.17) is 0 Å². The maximum atomic E-state index is 13.2. The second-order valence-electron chi connectivity index (χ2n) is 8.96. The van der Waals surface area contributed by atoms with Gasteiger partial charge in [-0.15, -0.1) is 0 Å². The summed E-state index contributed by atoms with van der Waals surface area (Å²) < 4.78 is 1.73. The molecule has 3 rings (SSSR count). The molecule has 1 aliphatic heterocycles. The highest BCUT2D eigenvalue weighted by molar-refractivity contribution is 9.10. The lowest BCUT2D eigenvalue weighted by Gasteiger charge is -2.27. The van der Waals surface area contributed by atoms with Crippen LogP contribution in [0.15, 0.2) is 63.0 Å². The monoisotopic (exact) mass is 604 g/mol. The number of unbranched alkanes of at least 4 members (excludes halogenated alkanes) is 2. The minimum atomic E-state index is -0.635. The SMILES string of the molecule is CCCCN(CCCC)CCCN1C(=O)C(=O)C(=C(O)c2ccc(Br)cc2)[C@@H]1c1cccc(Br)c1. The molecule has 0 aliphatic carbocycles. The first-order valence-electron chi connectivity index (χ1n) is 12.4. The predicted molar refractivity (Wildman–Crippen MR) is 148 cm³/mol. The van der Waals surface area contributed by atoms with Gasteiger partial charge in [0.15, 0.2) is 0 Å². The average molecular weight is 606 g/mol. The highest BCUT2D eigenvalue weighted by atomic mass is 79.9. The fraction of sp³-hybridized carbons (Fsp3) is 0.429. The molecule has 1 fully saturated rings. The van der Waals surface area contributed by atoms with Crippen LogP contribution in [0.4, 0.5) is 0 Å². The van der Waals surface area contributed by atoms with Crippen LogP contribution >= 0.6 is 31.9 Å². The van der Waals surface area contributed by atoms with E-state index in [0.717, 1.165) is 66.2 Å². The normalized spacial score (nSPS) is 17.5. The van der Waals surface area contributed by atoms with Crippen molar-refractivity contribution in [1.82, 2.24) is 9.80 Å².